The van der Waals surface area contributed by atoms with Crippen LogP contribution >= 0.6 is 0 Å². The average Bonchev–Trinajstić information content (AvgIpc) is 2.80. The lowest BCUT2D eigenvalue weighted by molar-refractivity contribution is -0.0512. The van der Waals surface area contributed by atoms with Crippen LogP contribution in [0.1, 0.15) is 31.2 Å². The van der Waals surface area contributed by atoms with Crippen LogP contribution in [0, 0.1) is 5.82 Å². The number of alkyl halides is 2. The second kappa shape index (κ2) is 4.00. The van der Waals surface area contributed by atoms with E-state index in [0.717, 1.165) is 0 Å². The molecule has 0 spiro atoms. The van der Waals surface area contributed by atoms with Crippen LogP contribution in [0.3, 0.4) is 0 Å². The highest BCUT2D eigenvalue weighted by atomic mass is 19.3. The fraction of sp³-hybridized carbons (Fsp3) is 0.429. The molecule has 3 N–H and O–H groups in total. The molecule has 1 aliphatic rings. The molecule has 1 heterocycles. The number of H-pyrrole nitrogens is 1. The lowest BCUT2D eigenvalue weighted by Crippen LogP contribution is -2.43. The third kappa shape index (κ3) is 2.02. The molecular weight excluding hydrogens is 253 g/mol. The van der Waals surface area contributed by atoms with Crippen molar-refractivity contribution < 1.29 is 13.2 Å². The normalized spacial score (nSPS) is 21.7. The van der Waals surface area contributed by atoms with Crippen molar-refractivity contribution in [3.05, 3.63) is 35.8 Å². The third-order valence-electron chi connectivity index (χ3n) is 4.07. The first-order valence-corrected chi connectivity index (χ1v) is 6.34. The summed E-state index contributed by atoms with van der Waals surface area (Å²) in [5, 5.41) is 0.426. The maximum absolute atomic E-state index is 13.9. The van der Waals surface area contributed by atoms with E-state index in [1.807, 2.05) is 0 Å². The molecular formula is C14H15F3N2. The SMILES string of the molecule is NC1(c2c[nH]c3cccc(F)c23)CCC(F)(F)CC1. The summed E-state index contributed by atoms with van der Waals surface area (Å²) in [5.74, 6) is -3.01. The van der Waals surface area contributed by atoms with Crippen molar-refractivity contribution in [3.8, 4) is 0 Å². The van der Waals surface area contributed by atoms with Crippen molar-refractivity contribution >= 4 is 10.9 Å². The van der Waals surface area contributed by atoms with Crippen LogP contribution < -0.4 is 5.73 Å². The maximum atomic E-state index is 13.9. The van der Waals surface area contributed by atoms with E-state index in [0.29, 0.717) is 16.5 Å². The predicted molar refractivity (Wildman–Crippen MR) is 67.5 cm³/mol. The van der Waals surface area contributed by atoms with Crippen LogP contribution in [0.2, 0.25) is 0 Å². The summed E-state index contributed by atoms with van der Waals surface area (Å²) in [6.07, 6.45) is 1.50. The second-order valence-corrected chi connectivity index (χ2v) is 5.38. The summed E-state index contributed by atoms with van der Waals surface area (Å²) in [5.41, 5.74) is 6.65. The fourth-order valence-corrected chi connectivity index (χ4v) is 2.86. The summed E-state index contributed by atoms with van der Waals surface area (Å²) >= 11 is 0. The van der Waals surface area contributed by atoms with Gasteiger partial charge in [-0.1, -0.05) is 6.07 Å². The second-order valence-electron chi connectivity index (χ2n) is 5.38. The van der Waals surface area contributed by atoms with Gasteiger partial charge in [0.2, 0.25) is 5.92 Å². The van der Waals surface area contributed by atoms with Gasteiger partial charge in [0.15, 0.2) is 0 Å². The zero-order chi connectivity index (χ0) is 13.7. The molecule has 102 valence electrons. The summed E-state index contributed by atoms with van der Waals surface area (Å²) in [6, 6.07) is 4.72. The predicted octanol–water partition coefficient (Wildman–Crippen LogP) is 3.67. The lowest BCUT2D eigenvalue weighted by Gasteiger charge is -2.37. The summed E-state index contributed by atoms with van der Waals surface area (Å²) in [4.78, 5) is 2.96. The van der Waals surface area contributed by atoms with Crippen molar-refractivity contribution in [2.45, 2.75) is 37.1 Å². The molecule has 5 heteroatoms. The van der Waals surface area contributed by atoms with E-state index in [-0.39, 0.29) is 31.5 Å². The Labute approximate surface area is 108 Å². The number of fused-ring (bicyclic) bond motifs is 1. The van der Waals surface area contributed by atoms with Gasteiger partial charge >= 0.3 is 0 Å². The Morgan fingerprint density at radius 3 is 2.47 bits per heavy atom. The van der Waals surface area contributed by atoms with Gasteiger partial charge in [0, 0.05) is 41.0 Å². The largest absolute Gasteiger partial charge is 0.361 e. The molecule has 0 saturated heterocycles. The molecule has 1 saturated carbocycles. The average molecular weight is 268 g/mol. The fourth-order valence-electron chi connectivity index (χ4n) is 2.86. The minimum absolute atomic E-state index is 0.168. The van der Waals surface area contributed by atoms with Gasteiger partial charge in [-0.15, -0.1) is 0 Å². The van der Waals surface area contributed by atoms with E-state index in [2.05, 4.69) is 4.98 Å². The van der Waals surface area contributed by atoms with Gasteiger partial charge in [0.05, 0.1) is 0 Å². The molecule has 0 radical (unpaired) electrons. The van der Waals surface area contributed by atoms with Gasteiger partial charge in [0.1, 0.15) is 5.82 Å². The van der Waals surface area contributed by atoms with Gasteiger partial charge in [0.25, 0.3) is 0 Å². The van der Waals surface area contributed by atoms with Crippen LogP contribution in [0.4, 0.5) is 13.2 Å². The molecule has 0 atom stereocenters. The molecule has 0 aliphatic heterocycles. The van der Waals surface area contributed by atoms with E-state index in [4.69, 9.17) is 5.73 Å². The maximum Gasteiger partial charge on any atom is 0.248 e. The van der Waals surface area contributed by atoms with Gasteiger partial charge in [-0.05, 0) is 25.0 Å². The van der Waals surface area contributed by atoms with Gasteiger partial charge in [-0.2, -0.15) is 0 Å². The molecule has 0 bridgehead atoms. The Kier molecular flexibility index (Phi) is 2.64. The molecule has 1 aliphatic carbocycles. The zero-order valence-corrected chi connectivity index (χ0v) is 10.3. The number of rotatable bonds is 1. The number of aromatic amines is 1. The van der Waals surface area contributed by atoms with Crippen LogP contribution in [0.25, 0.3) is 10.9 Å². The molecule has 2 nitrogen and oxygen atoms in total. The number of hydrogen-bond acceptors (Lipinski definition) is 1. The minimum atomic E-state index is -2.65. The minimum Gasteiger partial charge on any atom is -0.361 e. The topological polar surface area (TPSA) is 41.8 Å². The van der Waals surface area contributed by atoms with Gasteiger partial charge in [-0.3, -0.25) is 0 Å². The van der Waals surface area contributed by atoms with E-state index in [9.17, 15) is 13.2 Å². The van der Waals surface area contributed by atoms with E-state index < -0.39 is 11.5 Å². The van der Waals surface area contributed by atoms with E-state index in [1.165, 1.54) is 6.07 Å². The van der Waals surface area contributed by atoms with Crippen molar-refractivity contribution in [2.24, 2.45) is 5.73 Å². The monoisotopic (exact) mass is 268 g/mol. The molecule has 0 unspecified atom stereocenters. The van der Waals surface area contributed by atoms with Crippen molar-refractivity contribution in [3.63, 3.8) is 0 Å². The highest BCUT2D eigenvalue weighted by molar-refractivity contribution is 5.84. The molecule has 3 rings (SSSR count). The number of halogens is 3. The number of nitrogens with two attached hydrogens (primary N) is 1. The Balaban J connectivity index is 2.05. The van der Waals surface area contributed by atoms with Crippen molar-refractivity contribution in [1.29, 1.82) is 0 Å². The van der Waals surface area contributed by atoms with Crippen LogP contribution in [0.5, 0.6) is 0 Å². The number of nitrogens with one attached hydrogen (secondary N) is 1. The van der Waals surface area contributed by atoms with E-state index in [1.54, 1.807) is 18.3 Å². The Morgan fingerprint density at radius 1 is 1.11 bits per heavy atom. The molecule has 1 aromatic heterocycles. The van der Waals surface area contributed by atoms with Crippen molar-refractivity contribution in [1.82, 2.24) is 4.98 Å². The number of hydrogen-bond donors (Lipinski definition) is 2. The van der Waals surface area contributed by atoms with Crippen molar-refractivity contribution in [2.75, 3.05) is 0 Å². The highest BCUT2D eigenvalue weighted by Gasteiger charge is 2.43. The van der Waals surface area contributed by atoms with Crippen LogP contribution in [0.15, 0.2) is 24.4 Å². The Hall–Kier alpha value is -1.49. The zero-order valence-electron chi connectivity index (χ0n) is 10.3. The molecule has 1 fully saturated rings. The molecule has 2 aromatic rings. The lowest BCUT2D eigenvalue weighted by atomic mass is 9.76. The summed E-state index contributed by atoms with van der Waals surface area (Å²) < 4.78 is 40.4. The van der Waals surface area contributed by atoms with Crippen LogP contribution in [-0.2, 0) is 5.54 Å². The first-order valence-electron chi connectivity index (χ1n) is 6.34. The van der Waals surface area contributed by atoms with E-state index >= 15 is 0 Å². The van der Waals surface area contributed by atoms with Crippen LogP contribution in [-0.4, -0.2) is 10.9 Å². The molecule has 0 amide bonds. The molecule has 1 aromatic carbocycles. The first-order chi connectivity index (χ1) is 8.91. The Bertz CT molecular complexity index is 608. The standard InChI is InChI=1S/C14H15F3N2/c15-10-2-1-3-11-12(10)9(8-19-11)13(18)4-6-14(16,17)7-5-13/h1-3,8,19H,4-7,18H2. The Morgan fingerprint density at radius 2 is 1.79 bits per heavy atom. The quantitative estimate of drug-likeness (QED) is 0.814. The first kappa shape index (κ1) is 12.5. The van der Waals surface area contributed by atoms with Gasteiger partial charge in [-0.25, -0.2) is 13.2 Å². The smallest absolute Gasteiger partial charge is 0.248 e. The summed E-state index contributed by atoms with van der Waals surface area (Å²) in [6.45, 7) is 0. The highest BCUT2D eigenvalue weighted by Crippen LogP contribution is 2.44. The number of benzene rings is 1. The number of aromatic nitrogens is 1. The third-order valence-corrected chi connectivity index (χ3v) is 4.07. The molecule has 19 heavy (non-hydrogen) atoms. The van der Waals surface area contributed by atoms with Gasteiger partial charge < -0.3 is 10.7 Å². The summed E-state index contributed by atoms with van der Waals surface area (Å²) in [7, 11) is 0.